The molecule has 0 atom stereocenters. The molecule has 0 amide bonds. The van der Waals surface area contributed by atoms with Crippen LogP contribution in [0.2, 0.25) is 0 Å². The highest BCUT2D eigenvalue weighted by molar-refractivity contribution is 5.45. The van der Waals surface area contributed by atoms with Crippen molar-refractivity contribution in [2.45, 2.75) is 13.8 Å². The van der Waals surface area contributed by atoms with Crippen molar-refractivity contribution in [3.63, 3.8) is 0 Å². The van der Waals surface area contributed by atoms with Crippen molar-refractivity contribution in [2.75, 3.05) is 0 Å². The molecule has 1 radical (unpaired) electrons. The average Bonchev–Trinajstić information content (AvgIpc) is 2.03. The number of hydrogen-bond acceptors (Lipinski definition) is 1. The van der Waals surface area contributed by atoms with Gasteiger partial charge in [0.1, 0.15) is 11.9 Å². The van der Waals surface area contributed by atoms with Crippen LogP contribution < -0.4 is 0 Å². The van der Waals surface area contributed by atoms with Gasteiger partial charge in [-0.3, -0.25) is 0 Å². The molecule has 0 aliphatic carbocycles. The van der Waals surface area contributed by atoms with Crippen molar-refractivity contribution in [3.8, 4) is 6.07 Å². The Kier molecular flexibility index (Phi) is 2.44. The Balaban J connectivity index is 3.30. The van der Waals surface area contributed by atoms with E-state index in [1.807, 2.05) is 19.9 Å². The summed E-state index contributed by atoms with van der Waals surface area (Å²) >= 11 is 0. The van der Waals surface area contributed by atoms with Gasteiger partial charge in [-0.2, -0.15) is 5.26 Å². The quantitative estimate of drug-likeness (QED) is 0.622. The van der Waals surface area contributed by atoms with Crippen molar-refractivity contribution < 1.29 is 4.39 Å². The summed E-state index contributed by atoms with van der Waals surface area (Å²) in [4.78, 5) is 0. The van der Waals surface area contributed by atoms with Gasteiger partial charge in [-0.1, -0.05) is 26.0 Å². The number of halogens is 1. The summed E-state index contributed by atoms with van der Waals surface area (Å²) in [5.74, 6) is 0.502. The Labute approximate surface area is 71.4 Å². The fraction of sp³-hybridized carbons (Fsp3) is 0.200. The van der Waals surface area contributed by atoms with Crippen LogP contribution in [0, 0.1) is 23.1 Å². The summed E-state index contributed by atoms with van der Waals surface area (Å²) in [5.41, 5.74) is 0.829. The van der Waals surface area contributed by atoms with Crippen LogP contribution in [0.3, 0.4) is 0 Å². The third-order valence-electron chi connectivity index (χ3n) is 1.66. The van der Waals surface area contributed by atoms with Gasteiger partial charge in [0.15, 0.2) is 0 Å². The van der Waals surface area contributed by atoms with E-state index in [1.165, 1.54) is 6.07 Å². The molecule has 0 fully saturated rings. The second-order valence-corrected chi connectivity index (χ2v) is 2.77. The Morgan fingerprint density at radius 3 is 2.50 bits per heavy atom. The van der Waals surface area contributed by atoms with Crippen LogP contribution in [0.5, 0.6) is 0 Å². The summed E-state index contributed by atoms with van der Waals surface area (Å²) in [6.07, 6.45) is 0. The molecule has 0 N–H and O–H groups in total. The van der Waals surface area contributed by atoms with Crippen LogP contribution in [-0.4, -0.2) is 0 Å². The van der Waals surface area contributed by atoms with Crippen LogP contribution in [0.4, 0.5) is 4.39 Å². The zero-order valence-electron chi connectivity index (χ0n) is 7.06. The van der Waals surface area contributed by atoms with E-state index in [2.05, 4.69) is 0 Å². The zero-order valence-corrected chi connectivity index (χ0v) is 7.06. The van der Waals surface area contributed by atoms with Gasteiger partial charge < -0.3 is 0 Å². The van der Waals surface area contributed by atoms with Crippen LogP contribution in [-0.2, 0) is 0 Å². The molecule has 1 aromatic rings. The van der Waals surface area contributed by atoms with Gasteiger partial charge in [-0.05, 0) is 11.6 Å². The van der Waals surface area contributed by atoms with Gasteiger partial charge in [-0.15, -0.1) is 0 Å². The minimum absolute atomic E-state index is 0.137. The molecule has 0 aliphatic rings. The topological polar surface area (TPSA) is 23.8 Å². The minimum Gasteiger partial charge on any atom is -0.206 e. The smallest absolute Gasteiger partial charge is 0.141 e. The summed E-state index contributed by atoms with van der Waals surface area (Å²) in [6.45, 7) is 3.71. The second kappa shape index (κ2) is 3.36. The number of nitrogens with zero attached hydrogens (tertiary/aromatic N) is 1. The average molecular weight is 162 g/mol. The number of rotatable bonds is 1. The Hall–Kier alpha value is -1.36. The SMILES string of the molecule is C[C](C)c1cccc(F)c1C#N. The van der Waals surface area contributed by atoms with Gasteiger partial charge in [-0.25, -0.2) is 4.39 Å². The third-order valence-corrected chi connectivity index (χ3v) is 1.66. The van der Waals surface area contributed by atoms with E-state index in [1.54, 1.807) is 12.1 Å². The van der Waals surface area contributed by atoms with E-state index in [-0.39, 0.29) is 5.56 Å². The molecular formula is C10H9FN. The molecule has 0 saturated heterocycles. The molecule has 2 heteroatoms. The van der Waals surface area contributed by atoms with Crippen LogP contribution in [0.25, 0.3) is 0 Å². The maximum absolute atomic E-state index is 13.0. The van der Waals surface area contributed by atoms with Crippen molar-refractivity contribution in [3.05, 3.63) is 41.1 Å². The highest BCUT2D eigenvalue weighted by Gasteiger charge is 2.09. The molecule has 61 valence electrons. The van der Waals surface area contributed by atoms with Crippen molar-refractivity contribution in [1.29, 1.82) is 5.26 Å². The zero-order chi connectivity index (χ0) is 9.14. The fourth-order valence-electron chi connectivity index (χ4n) is 1.05. The first-order valence-electron chi connectivity index (χ1n) is 3.66. The number of benzene rings is 1. The summed E-state index contributed by atoms with van der Waals surface area (Å²) < 4.78 is 13.0. The first kappa shape index (κ1) is 8.73. The predicted octanol–water partition coefficient (Wildman–Crippen LogP) is 2.66. The number of nitriles is 1. The third kappa shape index (κ3) is 1.45. The van der Waals surface area contributed by atoms with Gasteiger partial charge in [0.25, 0.3) is 0 Å². The fourth-order valence-corrected chi connectivity index (χ4v) is 1.05. The number of hydrogen-bond donors (Lipinski definition) is 0. The van der Waals surface area contributed by atoms with Crippen LogP contribution in [0.15, 0.2) is 18.2 Å². The maximum atomic E-state index is 13.0. The van der Waals surface area contributed by atoms with Gasteiger partial charge in [0, 0.05) is 5.92 Å². The normalized spacial score (nSPS) is 9.92. The first-order valence-corrected chi connectivity index (χ1v) is 3.66. The maximum Gasteiger partial charge on any atom is 0.141 e. The molecule has 12 heavy (non-hydrogen) atoms. The molecule has 0 heterocycles. The second-order valence-electron chi connectivity index (χ2n) is 2.77. The molecular weight excluding hydrogens is 153 g/mol. The molecule has 1 aromatic carbocycles. The lowest BCUT2D eigenvalue weighted by Crippen LogP contribution is -1.95. The molecule has 0 spiro atoms. The minimum atomic E-state index is -0.448. The summed E-state index contributed by atoms with van der Waals surface area (Å²) in [6, 6.07) is 6.50. The monoisotopic (exact) mass is 162 g/mol. The lowest BCUT2D eigenvalue weighted by molar-refractivity contribution is 0.622. The van der Waals surface area contributed by atoms with E-state index in [0.29, 0.717) is 5.56 Å². The van der Waals surface area contributed by atoms with Crippen molar-refractivity contribution in [2.24, 2.45) is 0 Å². The molecule has 0 unspecified atom stereocenters. The standard InChI is InChI=1S/C10H9FN/c1-7(2)8-4-3-5-10(11)9(8)6-12/h3-5H,1-2H3. The van der Waals surface area contributed by atoms with Crippen molar-refractivity contribution in [1.82, 2.24) is 0 Å². The van der Waals surface area contributed by atoms with Gasteiger partial charge >= 0.3 is 0 Å². The molecule has 0 aliphatic heterocycles. The lowest BCUT2D eigenvalue weighted by atomic mass is 9.98. The highest BCUT2D eigenvalue weighted by atomic mass is 19.1. The van der Waals surface area contributed by atoms with E-state index in [9.17, 15) is 4.39 Å². The highest BCUT2D eigenvalue weighted by Crippen LogP contribution is 2.19. The van der Waals surface area contributed by atoms with Gasteiger partial charge in [0.05, 0.1) is 5.56 Å². The first-order chi connectivity index (χ1) is 5.66. The van der Waals surface area contributed by atoms with Crippen LogP contribution >= 0.6 is 0 Å². The van der Waals surface area contributed by atoms with E-state index < -0.39 is 5.82 Å². The summed E-state index contributed by atoms with van der Waals surface area (Å²) in [5, 5.41) is 8.64. The van der Waals surface area contributed by atoms with Crippen molar-refractivity contribution >= 4 is 0 Å². The molecule has 0 aromatic heterocycles. The predicted molar refractivity (Wildman–Crippen MR) is 44.8 cm³/mol. The van der Waals surface area contributed by atoms with Gasteiger partial charge in [0.2, 0.25) is 0 Å². The lowest BCUT2D eigenvalue weighted by Gasteiger charge is -2.06. The Morgan fingerprint density at radius 2 is 2.08 bits per heavy atom. The Bertz CT molecular complexity index is 323. The molecule has 1 rings (SSSR count). The largest absolute Gasteiger partial charge is 0.206 e. The van der Waals surface area contributed by atoms with E-state index in [0.717, 1.165) is 5.92 Å². The Morgan fingerprint density at radius 1 is 1.42 bits per heavy atom. The van der Waals surface area contributed by atoms with Crippen LogP contribution in [0.1, 0.15) is 25.0 Å². The van der Waals surface area contributed by atoms with E-state index in [4.69, 9.17) is 5.26 Å². The molecule has 1 nitrogen and oxygen atoms in total. The van der Waals surface area contributed by atoms with E-state index >= 15 is 0 Å². The molecule has 0 saturated carbocycles. The molecule has 0 bridgehead atoms. The summed E-state index contributed by atoms with van der Waals surface area (Å²) in [7, 11) is 0.